The fourth-order valence-corrected chi connectivity index (χ4v) is 19.8. The summed E-state index contributed by atoms with van der Waals surface area (Å²) in [4.78, 5) is 4.27. The minimum absolute atomic E-state index is 1.29. The number of hydrogen-bond acceptors (Lipinski definition) is 1. The third-order valence-electron chi connectivity index (χ3n) is 5.28. The van der Waals surface area contributed by atoms with Gasteiger partial charge < -0.3 is 0 Å². The Balaban J connectivity index is 2.41. The van der Waals surface area contributed by atoms with Gasteiger partial charge in [-0.05, 0) is 0 Å². The van der Waals surface area contributed by atoms with Crippen LogP contribution in [0.2, 0.25) is 13.3 Å². The van der Waals surface area contributed by atoms with E-state index >= 15 is 0 Å². The fraction of sp³-hybridized carbons (Fsp3) is 0.571. The Bertz CT molecular complexity index is 571. The van der Waals surface area contributed by atoms with Crippen molar-refractivity contribution in [2.75, 3.05) is 0 Å². The molecule has 2 rings (SSSR count). The Hall–Kier alpha value is -0.571. The zero-order valence-electron chi connectivity index (χ0n) is 15.3. The van der Waals surface area contributed by atoms with E-state index in [1.54, 1.807) is 16.9 Å². The molecule has 2 heteroatoms. The van der Waals surface area contributed by atoms with E-state index < -0.39 is 18.4 Å². The van der Waals surface area contributed by atoms with Gasteiger partial charge in [0.2, 0.25) is 0 Å². The molecule has 0 bridgehead atoms. The molecule has 0 amide bonds. The van der Waals surface area contributed by atoms with Crippen LogP contribution in [0.5, 0.6) is 0 Å². The molecule has 0 atom stereocenters. The van der Waals surface area contributed by atoms with Gasteiger partial charge in [-0.2, -0.15) is 0 Å². The number of nitrogens with zero attached hydrogens (tertiary/aromatic N) is 1. The normalized spacial score (nSPS) is 12.0. The average molecular weight is 418 g/mol. The molecule has 0 fully saturated rings. The molecule has 23 heavy (non-hydrogen) atoms. The van der Waals surface area contributed by atoms with Crippen molar-refractivity contribution in [3.63, 3.8) is 0 Å². The SMILES string of the molecule is CCC[CH2][Sn]([CH2]CCC)([CH2]CCC)[c]1ccc2cnccc2c1. The number of hydrogen-bond donors (Lipinski definition) is 0. The van der Waals surface area contributed by atoms with E-state index in [1.165, 1.54) is 49.3 Å². The summed E-state index contributed by atoms with van der Waals surface area (Å²) in [5.74, 6) is 0. The summed E-state index contributed by atoms with van der Waals surface area (Å²) in [5.41, 5.74) is 0. The summed E-state index contributed by atoms with van der Waals surface area (Å²) < 4.78 is 6.40. The number of fused-ring (bicyclic) bond motifs is 1. The maximum absolute atomic E-state index is 4.27. The average Bonchev–Trinajstić information content (AvgIpc) is 2.61. The summed E-state index contributed by atoms with van der Waals surface area (Å²) in [6.45, 7) is 7.05. The Morgan fingerprint density at radius 2 is 1.39 bits per heavy atom. The van der Waals surface area contributed by atoms with E-state index in [-0.39, 0.29) is 0 Å². The third-order valence-corrected chi connectivity index (χ3v) is 20.9. The van der Waals surface area contributed by atoms with Crippen LogP contribution in [0.15, 0.2) is 36.7 Å². The number of benzene rings is 1. The van der Waals surface area contributed by atoms with Crippen LogP contribution in [0.4, 0.5) is 0 Å². The van der Waals surface area contributed by atoms with E-state index in [0.29, 0.717) is 0 Å². The van der Waals surface area contributed by atoms with Gasteiger partial charge in [0, 0.05) is 0 Å². The van der Waals surface area contributed by atoms with Gasteiger partial charge in [-0.15, -0.1) is 0 Å². The molecule has 0 aliphatic heterocycles. The van der Waals surface area contributed by atoms with E-state index in [0.717, 1.165) is 0 Å². The number of rotatable bonds is 10. The van der Waals surface area contributed by atoms with Crippen molar-refractivity contribution in [3.8, 4) is 0 Å². The number of aromatic nitrogens is 1. The van der Waals surface area contributed by atoms with E-state index in [1.807, 2.05) is 12.4 Å². The Labute approximate surface area is 146 Å². The quantitative estimate of drug-likeness (QED) is 0.414. The summed E-state index contributed by atoms with van der Waals surface area (Å²) in [5, 5.41) is 2.68. The Morgan fingerprint density at radius 1 is 0.783 bits per heavy atom. The second-order valence-corrected chi connectivity index (χ2v) is 20.3. The summed E-state index contributed by atoms with van der Waals surface area (Å²) in [6.07, 6.45) is 12.2. The molecule has 0 saturated heterocycles. The van der Waals surface area contributed by atoms with E-state index in [4.69, 9.17) is 0 Å². The molecule has 0 N–H and O–H groups in total. The second kappa shape index (κ2) is 9.66. The molecule has 0 spiro atoms. The van der Waals surface area contributed by atoms with Crippen molar-refractivity contribution in [1.82, 2.24) is 4.98 Å². The fourth-order valence-electron chi connectivity index (χ4n) is 3.77. The molecule has 1 aromatic carbocycles. The van der Waals surface area contributed by atoms with Crippen LogP contribution in [-0.2, 0) is 0 Å². The van der Waals surface area contributed by atoms with E-state index in [2.05, 4.69) is 50.0 Å². The second-order valence-electron chi connectivity index (χ2n) is 7.03. The predicted molar refractivity (Wildman–Crippen MR) is 106 cm³/mol. The first-order valence-corrected chi connectivity index (χ1v) is 17.1. The molecule has 0 aliphatic rings. The van der Waals surface area contributed by atoms with Crippen molar-refractivity contribution in [2.24, 2.45) is 0 Å². The topological polar surface area (TPSA) is 12.9 Å². The molecule has 0 radical (unpaired) electrons. The zero-order valence-corrected chi connectivity index (χ0v) is 18.1. The molecule has 0 unspecified atom stereocenters. The first kappa shape index (κ1) is 18.8. The molecule has 1 heterocycles. The minimum atomic E-state index is -2.27. The van der Waals surface area contributed by atoms with Gasteiger partial charge in [0.25, 0.3) is 0 Å². The van der Waals surface area contributed by atoms with Crippen molar-refractivity contribution in [1.29, 1.82) is 0 Å². The molecular weight excluding hydrogens is 385 g/mol. The zero-order chi connectivity index (χ0) is 16.5. The summed E-state index contributed by atoms with van der Waals surface area (Å²) in [7, 11) is 0. The van der Waals surface area contributed by atoms with Gasteiger partial charge in [-0.1, -0.05) is 0 Å². The van der Waals surface area contributed by atoms with Gasteiger partial charge in [-0.25, -0.2) is 0 Å². The van der Waals surface area contributed by atoms with Gasteiger partial charge in [0.1, 0.15) is 0 Å². The number of unbranched alkanes of at least 4 members (excludes halogenated alkanes) is 3. The molecule has 1 nitrogen and oxygen atoms in total. The van der Waals surface area contributed by atoms with Crippen LogP contribution in [0.1, 0.15) is 59.3 Å². The predicted octanol–water partition coefficient (Wildman–Crippen LogP) is 6.29. The van der Waals surface area contributed by atoms with Crippen LogP contribution < -0.4 is 3.58 Å². The van der Waals surface area contributed by atoms with Crippen molar-refractivity contribution >= 4 is 32.7 Å². The Morgan fingerprint density at radius 3 is 1.96 bits per heavy atom. The molecule has 0 aliphatic carbocycles. The van der Waals surface area contributed by atoms with Crippen LogP contribution in [0.25, 0.3) is 10.8 Å². The van der Waals surface area contributed by atoms with Gasteiger partial charge >= 0.3 is 147 Å². The molecule has 1 aromatic heterocycles. The van der Waals surface area contributed by atoms with Crippen molar-refractivity contribution in [2.45, 2.75) is 72.6 Å². The van der Waals surface area contributed by atoms with Gasteiger partial charge in [0.05, 0.1) is 0 Å². The van der Waals surface area contributed by atoms with Crippen LogP contribution in [0.3, 0.4) is 0 Å². The standard InChI is InChI=1S/C9H6N.3C4H9.Sn/c1-2-4-9-7-10-6-5-8(9)3-1;3*1-3-4-2;/h2-7H;3*1,3-4H2,2H3;. The first-order valence-electron chi connectivity index (χ1n) is 9.60. The van der Waals surface area contributed by atoms with Crippen LogP contribution in [0, 0.1) is 0 Å². The van der Waals surface area contributed by atoms with Gasteiger partial charge in [0.15, 0.2) is 0 Å². The molecular formula is C21H33NSn. The summed E-state index contributed by atoms with van der Waals surface area (Å²) in [6, 6.07) is 9.53. The van der Waals surface area contributed by atoms with Crippen molar-refractivity contribution in [3.05, 3.63) is 36.7 Å². The molecule has 2 aromatic rings. The monoisotopic (exact) mass is 419 g/mol. The van der Waals surface area contributed by atoms with Crippen LogP contribution in [-0.4, -0.2) is 23.4 Å². The first-order chi connectivity index (χ1) is 11.3. The van der Waals surface area contributed by atoms with Crippen LogP contribution >= 0.6 is 0 Å². The summed E-state index contributed by atoms with van der Waals surface area (Å²) >= 11 is -2.27. The van der Waals surface area contributed by atoms with E-state index in [9.17, 15) is 0 Å². The third kappa shape index (κ3) is 4.95. The van der Waals surface area contributed by atoms with Gasteiger partial charge in [-0.3, -0.25) is 0 Å². The molecule has 126 valence electrons. The Kier molecular flexibility index (Phi) is 7.88. The maximum atomic E-state index is 4.27. The molecule has 0 saturated carbocycles. The number of pyridine rings is 1. The van der Waals surface area contributed by atoms with Crippen molar-refractivity contribution < 1.29 is 0 Å².